The van der Waals surface area contributed by atoms with E-state index in [1.165, 1.54) is 0 Å². The molecule has 3 N–H and O–H groups in total. The Bertz CT molecular complexity index is 433. The van der Waals surface area contributed by atoms with Crippen LogP contribution in [0.25, 0.3) is 0 Å². The van der Waals surface area contributed by atoms with E-state index in [2.05, 4.69) is 19.2 Å². The minimum absolute atomic E-state index is 0.114. The number of likely N-dealkylation sites (N-methyl/N-ethyl adjacent to an activating group) is 1. The third-order valence-corrected chi connectivity index (χ3v) is 4.17. The molecule has 2 amide bonds. The van der Waals surface area contributed by atoms with Gasteiger partial charge in [-0.25, -0.2) is 4.79 Å². The van der Waals surface area contributed by atoms with Crippen LogP contribution in [0.1, 0.15) is 33.6 Å². The summed E-state index contributed by atoms with van der Waals surface area (Å²) in [5, 5.41) is 2.93. The van der Waals surface area contributed by atoms with Crippen molar-refractivity contribution in [1.82, 2.24) is 4.90 Å². The van der Waals surface area contributed by atoms with Gasteiger partial charge in [0.05, 0.1) is 12.6 Å². The molecule has 0 radical (unpaired) electrons. The van der Waals surface area contributed by atoms with Crippen LogP contribution >= 0.6 is 0 Å². The number of hydrogen-bond acceptors (Lipinski definition) is 3. The summed E-state index contributed by atoms with van der Waals surface area (Å²) in [6.07, 6.45) is 1.67. The van der Waals surface area contributed by atoms with E-state index >= 15 is 0 Å². The maximum Gasteiger partial charge on any atom is 0.322 e. The predicted molar refractivity (Wildman–Crippen MR) is 86.8 cm³/mol. The zero-order valence-electron chi connectivity index (χ0n) is 13.5. The number of urea groups is 1. The molecular formula is C16H27N3O2. The Morgan fingerprint density at radius 1 is 1.24 bits per heavy atom. The molecule has 0 fully saturated rings. The van der Waals surface area contributed by atoms with Crippen molar-refractivity contribution < 1.29 is 9.53 Å². The lowest BCUT2D eigenvalue weighted by atomic mass is 9.91. The maximum absolute atomic E-state index is 12.5. The number of carbonyl (C=O) groups is 1. The van der Waals surface area contributed by atoms with E-state index in [0.717, 1.165) is 24.3 Å². The number of ether oxygens (including phenoxy) is 1. The highest BCUT2D eigenvalue weighted by Crippen LogP contribution is 2.24. The van der Waals surface area contributed by atoms with Gasteiger partial charge in [0.1, 0.15) is 5.75 Å². The van der Waals surface area contributed by atoms with Gasteiger partial charge in [0, 0.05) is 18.8 Å². The average molecular weight is 293 g/mol. The SMILES string of the molecule is CCN(C(=O)Nc1ccc(OC)cc1)C(CC)(CC)CN. The zero-order valence-corrected chi connectivity index (χ0v) is 13.5. The number of amides is 2. The van der Waals surface area contributed by atoms with Gasteiger partial charge in [0.2, 0.25) is 0 Å². The van der Waals surface area contributed by atoms with Crippen molar-refractivity contribution in [2.24, 2.45) is 5.73 Å². The van der Waals surface area contributed by atoms with Crippen molar-refractivity contribution in [2.75, 3.05) is 25.5 Å². The number of carbonyl (C=O) groups excluding carboxylic acids is 1. The predicted octanol–water partition coefficient (Wildman–Crippen LogP) is 3.07. The molecule has 5 nitrogen and oxygen atoms in total. The molecule has 1 rings (SSSR count). The number of benzene rings is 1. The number of anilines is 1. The Balaban J connectivity index is 2.87. The molecule has 0 saturated heterocycles. The third-order valence-electron chi connectivity index (χ3n) is 4.17. The van der Waals surface area contributed by atoms with Crippen LogP contribution in [-0.4, -0.2) is 36.7 Å². The lowest BCUT2D eigenvalue weighted by molar-refractivity contribution is 0.122. The number of methoxy groups -OCH3 is 1. The summed E-state index contributed by atoms with van der Waals surface area (Å²) in [7, 11) is 1.62. The first-order valence-electron chi connectivity index (χ1n) is 7.49. The topological polar surface area (TPSA) is 67.6 Å². The molecule has 0 spiro atoms. The number of rotatable bonds is 7. The monoisotopic (exact) mass is 293 g/mol. The smallest absolute Gasteiger partial charge is 0.322 e. The molecule has 0 unspecified atom stereocenters. The van der Waals surface area contributed by atoms with Gasteiger partial charge in [0.15, 0.2) is 0 Å². The molecule has 21 heavy (non-hydrogen) atoms. The lowest BCUT2D eigenvalue weighted by Crippen LogP contribution is -2.56. The second kappa shape index (κ2) is 7.88. The van der Waals surface area contributed by atoms with E-state index < -0.39 is 0 Å². The minimum Gasteiger partial charge on any atom is -0.497 e. The molecule has 0 aliphatic rings. The van der Waals surface area contributed by atoms with Crippen molar-refractivity contribution in [3.05, 3.63) is 24.3 Å². The van der Waals surface area contributed by atoms with Crippen molar-refractivity contribution in [1.29, 1.82) is 0 Å². The Morgan fingerprint density at radius 2 is 1.81 bits per heavy atom. The molecule has 0 atom stereocenters. The fourth-order valence-electron chi connectivity index (χ4n) is 2.59. The van der Waals surface area contributed by atoms with E-state index in [-0.39, 0.29) is 11.6 Å². The molecule has 0 heterocycles. The van der Waals surface area contributed by atoms with Crippen molar-refractivity contribution in [2.45, 2.75) is 39.2 Å². The summed E-state index contributed by atoms with van der Waals surface area (Å²) in [5.41, 5.74) is 6.40. The van der Waals surface area contributed by atoms with Gasteiger partial charge in [-0.1, -0.05) is 13.8 Å². The van der Waals surface area contributed by atoms with Gasteiger partial charge in [-0.15, -0.1) is 0 Å². The second-order valence-electron chi connectivity index (χ2n) is 5.04. The largest absolute Gasteiger partial charge is 0.497 e. The number of nitrogens with zero attached hydrogens (tertiary/aromatic N) is 1. The normalized spacial score (nSPS) is 11.1. The maximum atomic E-state index is 12.5. The highest BCUT2D eigenvalue weighted by atomic mass is 16.5. The molecular weight excluding hydrogens is 266 g/mol. The number of hydrogen-bond donors (Lipinski definition) is 2. The Morgan fingerprint density at radius 3 is 2.19 bits per heavy atom. The fourth-order valence-corrected chi connectivity index (χ4v) is 2.59. The third kappa shape index (κ3) is 3.88. The first-order valence-corrected chi connectivity index (χ1v) is 7.49. The van der Waals surface area contributed by atoms with Crippen LogP contribution in [-0.2, 0) is 0 Å². The van der Waals surface area contributed by atoms with Crippen molar-refractivity contribution in [3.63, 3.8) is 0 Å². The summed E-state index contributed by atoms with van der Waals surface area (Å²) in [6, 6.07) is 7.18. The lowest BCUT2D eigenvalue weighted by Gasteiger charge is -2.41. The van der Waals surface area contributed by atoms with E-state index in [9.17, 15) is 4.79 Å². The molecule has 1 aromatic carbocycles. The summed E-state index contributed by atoms with van der Waals surface area (Å²) in [6.45, 7) is 7.20. The molecule has 0 aliphatic heterocycles. The molecule has 0 aliphatic carbocycles. The van der Waals surface area contributed by atoms with Gasteiger partial charge in [0.25, 0.3) is 0 Å². The van der Waals surface area contributed by atoms with Gasteiger partial charge in [-0.3, -0.25) is 0 Å². The first kappa shape index (κ1) is 17.3. The second-order valence-corrected chi connectivity index (χ2v) is 5.04. The number of nitrogens with two attached hydrogens (primary N) is 1. The molecule has 1 aromatic rings. The van der Waals surface area contributed by atoms with Crippen LogP contribution < -0.4 is 15.8 Å². The molecule has 0 saturated carbocycles. The van der Waals surface area contributed by atoms with Gasteiger partial charge in [-0.2, -0.15) is 0 Å². The van der Waals surface area contributed by atoms with E-state index in [1.54, 1.807) is 7.11 Å². The minimum atomic E-state index is -0.286. The summed E-state index contributed by atoms with van der Waals surface area (Å²) in [4.78, 5) is 14.4. The van der Waals surface area contributed by atoms with Gasteiger partial charge < -0.3 is 20.7 Å². The standard InChI is InChI=1S/C16H27N3O2/c1-5-16(6-2,12-17)19(7-3)15(20)18-13-8-10-14(21-4)11-9-13/h8-11H,5-7,12,17H2,1-4H3,(H,18,20). The van der Waals surface area contributed by atoms with Crippen molar-refractivity contribution in [3.8, 4) is 5.75 Å². The molecule has 5 heteroatoms. The average Bonchev–Trinajstić information content (AvgIpc) is 2.53. The van der Waals surface area contributed by atoms with Crippen LogP contribution in [0.5, 0.6) is 5.75 Å². The molecule has 118 valence electrons. The fraction of sp³-hybridized carbons (Fsp3) is 0.562. The number of nitrogens with one attached hydrogen (secondary N) is 1. The molecule has 0 aromatic heterocycles. The highest BCUT2D eigenvalue weighted by molar-refractivity contribution is 5.90. The highest BCUT2D eigenvalue weighted by Gasteiger charge is 2.34. The Labute approximate surface area is 127 Å². The van der Waals surface area contributed by atoms with Crippen LogP contribution in [0.3, 0.4) is 0 Å². The van der Waals surface area contributed by atoms with E-state index in [1.807, 2.05) is 36.1 Å². The van der Waals surface area contributed by atoms with Crippen LogP contribution in [0.2, 0.25) is 0 Å². The quantitative estimate of drug-likeness (QED) is 0.812. The van der Waals surface area contributed by atoms with E-state index in [4.69, 9.17) is 10.5 Å². The van der Waals surface area contributed by atoms with Crippen LogP contribution in [0.4, 0.5) is 10.5 Å². The van der Waals surface area contributed by atoms with Gasteiger partial charge >= 0.3 is 6.03 Å². The van der Waals surface area contributed by atoms with Crippen molar-refractivity contribution >= 4 is 11.7 Å². The first-order chi connectivity index (χ1) is 10.1. The Hall–Kier alpha value is -1.75. The summed E-state index contributed by atoms with van der Waals surface area (Å²) in [5.74, 6) is 0.763. The summed E-state index contributed by atoms with van der Waals surface area (Å²) < 4.78 is 5.11. The van der Waals surface area contributed by atoms with E-state index in [0.29, 0.717) is 13.1 Å². The van der Waals surface area contributed by atoms with Crippen LogP contribution in [0.15, 0.2) is 24.3 Å². The Kier molecular flexibility index (Phi) is 6.49. The zero-order chi connectivity index (χ0) is 15.9. The van der Waals surface area contributed by atoms with Gasteiger partial charge in [-0.05, 0) is 44.0 Å². The summed E-state index contributed by atoms with van der Waals surface area (Å²) >= 11 is 0. The molecule has 0 bridgehead atoms. The van der Waals surface area contributed by atoms with Crippen LogP contribution in [0, 0.1) is 0 Å².